The van der Waals surface area contributed by atoms with E-state index in [2.05, 4.69) is 75.9 Å². The quantitative estimate of drug-likeness (QED) is 0.784. The fourth-order valence-electron chi connectivity index (χ4n) is 5.01. The molecule has 0 amide bonds. The minimum absolute atomic E-state index is 0.288. The average Bonchev–Trinajstić information content (AvgIpc) is 3.36. The number of aromatic nitrogens is 4. The third-order valence-corrected chi connectivity index (χ3v) is 6.71. The molecule has 1 saturated carbocycles. The first-order chi connectivity index (χ1) is 13.6. The first-order valence-electron chi connectivity index (χ1n) is 10.9. The van der Waals surface area contributed by atoms with Crippen molar-refractivity contribution >= 4 is 5.69 Å². The Bertz CT molecular complexity index is 784. The maximum Gasteiger partial charge on any atom is 0.168 e. The van der Waals surface area contributed by atoms with Crippen LogP contribution in [0.2, 0.25) is 0 Å². The van der Waals surface area contributed by atoms with Crippen LogP contribution >= 0.6 is 0 Å². The van der Waals surface area contributed by atoms with Gasteiger partial charge in [0, 0.05) is 31.9 Å². The van der Waals surface area contributed by atoms with Crippen LogP contribution in [-0.2, 0) is 0 Å². The van der Waals surface area contributed by atoms with Gasteiger partial charge in [-0.1, -0.05) is 38.8 Å². The van der Waals surface area contributed by atoms with Gasteiger partial charge in [0.2, 0.25) is 0 Å². The van der Waals surface area contributed by atoms with Gasteiger partial charge in [-0.25, -0.2) is 4.68 Å². The van der Waals surface area contributed by atoms with Gasteiger partial charge >= 0.3 is 0 Å². The summed E-state index contributed by atoms with van der Waals surface area (Å²) in [6.45, 7) is 13.2. The molecule has 1 aliphatic heterocycles. The highest BCUT2D eigenvalue weighted by Crippen LogP contribution is 2.35. The van der Waals surface area contributed by atoms with E-state index in [4.69, 9.17) is 0 Å². The number of hydrogen-bond acceptors (Lipinski definition) is 5. The summed E-state index contributed by atoms with van der Waals surface area (Å²) >= 11 is 0. The zero-order chi connectivity index (χ0) is 19.7. The first-order valence-corrected chi connectivity index (χ1v) is 10.9. The van der Waals surface area contributed by atoms with Crippen LogP contribution in [0.4, 0.5) is 5.69 Å². The van der Waals surface area contributed by atoms with Crippen LogP contribution in [0.25, 0.3) is 0 Å². The zero-order valence-electron chi connectivity index (χ0n) is 17.8. The van der Waals surface area contributed by atoms with E-state index >= 15 is 0 Å². The molecule has 2 heterocycles. The van der Waals surface area contributed by atoms with Crippen molar-refractivity contribution in [2.75, 3.05) is 31.1 Å². The normalized spacial score (nSPS) is 20.2. The SMILES string of the molecule is Cc1cccc(N2CCN([C@H](c3nnnn3C3CCCC3)C(C)C)CC2)c1C. The lowest BCUT2D eigenvalue weighted by Crippen LogP contribution is -2.49. The topological polar surface area (TPSA) is 50.1 Å². The Morgan fingerprint density at radius 2 is 1.71 bits per heavy atom. The molecule has 2 aromatic rings. The second-order valence-corrected chi connectivity index (χ2v) is 8.85. The number of nitrogens with zero attached hydrogens (tertiary/aromatic N) is 6. The summed E-state index contributed by atoms with van der Waals surface area (Å²) in [5, 5.41) is 13.0. The van der Waals surface area contributed by atoms with Crippen LogP contribution in [0, 0.1) is 19.8 Å². The van der Waals surface area contributed by atoms with Gasteiger partial charge in [-0.15, -0.1) is 5.10 Å². The molecule has 6 heteroatoms. The highest BCUT2D eigenvalue weighted by atomic mass is 15.6. The highest BCUT2D eigenvalue weighted by Gasteiger charge is 2.33. The number of anilines is 1. The number of hydrogen-bond donors (Lipinski definition) is 0. The van der Waals surface area contributed by atoms with E-state index in [-0.39, 0.29) is 6.04 Å². The van der Waals surface area contributed by atoms with Crippen molar-refractivity contribution in [1.29, 1.82) is 0 Å². The lowest BCUT2D eigenvalue weighted by molar-refractivity contribution is 0.132. The second kappa shape index (κ2) is 8.19. The average molecular weight is 383 g/mol. The molecule has 1 aromatic heterocycles. The Labute approximate surface area is 168 Å². The Morgan fingerprint density at radius 3 is 2.39 bits per heavy atom. The lowest BCUT2D eigenvalue weighted by Gasteiger charge is -2.41. The van der Waals surface area contributed by atoms with Crippen LogP contribution < -0.4 is 4.90 Å². The monoisotopic (exact) mass is 382 g/mol. The van der Waals surface area contributed by atoms with E-state index in [9.17, 15) is 0 Å². The van der Waals surface area contributed by atoms with Crippen molar-refractivity contribution in [2.45, 2.75) is 65.5 Å². The molecule has 152 valence electrons. The van der Waals surface area contributed by atoms with Crippen molar-refractivity contribution in [3.8, 4) is 0 Å². The number of aryl methyl sites for hydroxylation is 1. The number of piperazine rings is 1. The second-order valence-electron chi connectivity index (χ2n) is 8.85. The number of tetrazole rings is 1. The molecule has 2 aliphatic rings. The smallest absolute Gasteiger partial charge is 0.168 e. The molecule has 0 bridgehead atoms. The molecular formula is C22H34N6. The third kappa shape index (κ3) is 3.66. The molecule has 0 unspecified atom stereocenters. The predicted molar refractivity (Wildman–Crippen MR) is 113 cm³/mol. The lowest BCUT2D eigenvalue weighted by atomic mass is 9.99. The van der Waals surface area contributed by atoms with Crippen LogP contribution in [0.1, 0.15) is 68.6 Å². The fourth-order valence-corrected chi connectivity index (χ4v) is 5.01. The minimum Gasteiger partial charge on any atom is -0.369 e. The van der Waals surface area contributed by atoms with E-state index < -0.39 is 0 Å². The molecule has 6 nitrogen and oxygen atoms in total. The molecule has 1 aliphatic carbocycles. The maximum absolute atomic E-state index is 4.51. The van der Waals surface area contributed by atoms with Crippen molar-refractivity contribution in [3.63, 3.8) is 0 Å². The predicted octanol–water partition coefficient (Wildman–Crippen LogP) is 3.92. The Hall–Kier alpha value is -1.95. The molecule has 0 N–H and O–H groups in total. The molecule has 1 saturated heterocycles. The Morgan fingerprint density at radius 1 is 1.00 bits per heavy atom. The van der Waals surface area contributed by atoms with Gasteiger partial charge in [0.15, 0.2) is 5.82 Å². The summed E-state index contributed by atoms with van der Waals surface area (Å²) in [6, 6.07) is 7.42. The minimum atomic E-state index is 0.288. The van der Waals surface area contributed by atoms with Crippen molar-refractivity contribution in [3.05, 3.63) is 35.2 Å². The maximum atomic E-state index is 4.51. The molecule has 1 aromatic carbocycles. The summed E-state index contributed by atoms with van der Waals surface area (Å²) in [4.78, 5) is 5.14. The third-order valence-electron chi connectivity index (χ3n) is 6.71. The summed E-state index contributed by atoms with van der Waals surface area (Å²) in [6.07, 6.45) is 5.02. The molecule has 2 fully saturated rings. The van der Waals surface area contributed by atoms with E-state index in [1.54, 1.807) is 0 Å². The number of rotatable bonds is 5. The molecular weight excluding hydrogens is 348 g/mol. The van der Waals surface area contributed by atoms with Crippen LogP contribution in [-0.4, -0.2) is 51.3 Å². The van der Waals surface area contributed by atoms with Gasteiger partial charge in [0.05, 0.1) is 12.1 Å². The largest absolute Gasteiger partial charge is 0.369 e. The molecule has 28 heavy (non-hydrogen) atoms. The van der Waals surface area contributed by atoms with Crippen molar-refractivity contribution in [1.82, 2.24) is 25.1 Å². The van der Waals surface area contributed by atoms with Gasteiger partial charge in [0.1, 0.15) is 0 Å². The fraction of sp³-hybridized carbons (Fsp3) is 0.682. The van der Waals surface area contributed by atoms with Gasteiger partial charge in [-0.05, 0) is 60.2 Å². The van der Waals surface area contributed by atoms with Gasteiger partial charge in [-0.2, -0.15) is 0 Å². The van der Waals surface area contributed by atoms with Crippen LogP contribution in [0.3, 0.4) is 0 Å². The molecule has 0 radical (unpaired) electrons. The summed E-state index contributed by atoms with van der Waals surface area (Å²) in [5.41, 5.74) is 4.16. The zero-order valence-corrected chi connectivity index (χ0v) is 17.8. The number of benzene rings is 1. The van der Waals surface area contributed by atoms with E-state index in [1.807, 2.05) is 0 Å². The Balaban J connectivity index is 1.50. The van der Waals surface area contributed by atoms with Crippen LogP contribution in [0.15, 0.2) is 18.2 Å². The van der Waals surface area contributed by atoms with E-state index in [0.29, 0.717) is 12.0 Å². The van der Waals surface area contributed by atoms with E-state index in [0.717, 1.165) is 32.0 Å². The summed E-state index contributed by atoms with van der Waals surface area (Å²) < 4.78 is 2.15. The van der Waals surface area contributed by atoms with Crippen LogP contribution in [0.5, 0.6) is 0 Å². The van der Waals surface area contributed by atoms with Gasteiger partial charge < -0.3 is 4.90 Å². The standard InChI is InChI=1S/C22H34N6/c1-16(2)21(22-23-24-25-28(22)19-9-5-6-10-19)27-14-12-26(13-15-27)20-11-7-8-17(3)18(20)4/h7-8,11,16,19,21H,5-6,9-10,12-15H2,1-4H3/t21-/m0/s1. The van der Waals surface area contributed by atoms with Crippen molar-refractivity contribution in [2.24, 2.45) is 5.92 Å². The Kier molecular flexibility index (Phi) is 5.67. The first kappa shape index (κ1) is 19.4. The van der Waals surface area contributed by atoms with E-state index in [1.165, 1.54) is 42.5 Å². The molecule has 4 rings (SSSR count). The molecule has 0 spiro atoms. The summed E-state index contributed by atoms with van der Waals surface area (Å²) in [5.74, 6) is 1.56. The highest BCUT2D eigenvalue weighted by molar-refractivity contribution is 5.56. The van der Waals surface area contributed by atoms with Gasteiger partial charge in [0.25, 0.3) is 0 Å². The summed E-state index contributed by atoms with van der Waals surface area (Å²) in [7, 11) is 0. The molecule has 1 atom stereocenters. The van der Waals surface area contributed by atoms with Crippen molar-refractivity contribution < 1.29 is 0 Å². The van der Waals surface area contributed by atoms with Gasteiger partial charge in [-0.3, -0.25) is 4.90 Å².